The highest BCUT2D eigenvalue weighted by Crippen LogP contribution is 2.11. The van der Waals surface area contributed by atoms with Crippen molar-refractivity contribution < 1.29 is 78.0 Å². The zero-order valence-electron chi connectivity index (χ0n) is 43.2. The van der Waals surface area contributed by atoms with Crippen LogP contribution in [0.1, 0.15) is 93.9 Å². The van der Waals surface area contributed by atoms with E-state index >= 15 is 0 Å². The minimum Gasteiger partial charge on any atom is -0.481 e. The van der Waals surface area contributed by atoms with Crippen molar-refractivity contribution in [2.24, 2.45) is 11.8 Å². The molecule has 12 atom stereocenters. The lowest BCUT2D eigenvalue weighted by molar-refractivity contribution is -0.142. The summed E-state index contributed by atoms with van der Waals surface area (Å²) >= 11 is 5.57. The molecular weight excluding hydrogens is 1010 g/mol. The molecule has 0 aromatic rings. The van der Waals surface area contributed by atoms with Crippen LogP contribution in [0.2, 0.25) is 0 Å². The van der Waals surface area contributed by atoms with E-state index in [1.165, 1.54) is 25.6 Å². The van der Waals surface area contributed by atoms with E-state index in [0.717, 1.165) is 20.3 Å². The van der Waals surface area contributed by atoms with Crippen molar-refractivity contribution in [2.75, 3.05) is 30.9 Å². The van der Waals surface area contributed by atoms with Gasteiger partial charge in [0.15, 0.2) is 0 Å². The van der Waals surface area contributed by atoms with E-state index in [-0.39, 0.29) is 30.4 Å². The molecule has 1 rings (SSSR count). The Morgan fingerprint density at radius 1 is 0.581 bits per heavy atom. The molecule has 29 heteroatoms. The summed E-state index contributed by atoms with van der Waals surface area (Å²) in [5.41, 5.74) is 0. The molecule has 27 nitrogen and oxygen atoms in total. The lowest BCUT2D eigenvalue weighted by Crippen LogP contribution is -2.63. The van der Waals surface area contributed by atoms with Crippen LogP contribution in [0.5, 0.6) is 0 Å². The van der Waals surface area contributed by atoms with Crippen LogP contribution in [0.25, 0.3) is 0 Å². The maximum atomic E-state index is 13.6. The maximum absolute atomic E-state index is 13.6. The first-order chi connectivity index (χ1) is 34.5. The van der Waals surface area contributed by atoms with Crippen molar-refractivity contribution in [2.45, 2.75) is 167 Å². The number of thioether (sulfide) groups is 1. The van der Waals surface area contributed by atoms with E-state index in [9.17, 15) is 78.0 Å². The second-order valence-corrected chi connectivity index (χ2v) is 20.0. The highest BCUT2D eigenvalue weighted by atomic mass is 32.2. The van der Waals surface area contributed by atoms with Crippen LogP contribution in [0, 0.1) is 11.8 Å². The van der Waals surface area contributed by atoms with E-state index in [0.29, 0.717) is 18.7 Å². The van der Waals surface area contributed by atoms with Crippen molar-refractivity contribution in [1.29, 1.82) is 0 Å². The number of carboxylic acid groups (broad SMARTS) is 2. The number of amides is 10. The molecule has 10 amide bonds. The zero-order valence-corrected chi connectivity index (χ0v) is 44.9. The van der Waals surface area contributed by atoms with Crippen LogP contribution in [0.4, 0.5) is 0 Å². The summed E-state index contributed by atoms with van der Waals surface area (Å²) in [5.74, 6) is -12.1. The fourth-order valence-electron chi connectivity index (χ4n) is 7.05. The molecule has 420 valence electrons. The highest BCUT2D eigenvalue weighted by Gasteiger charge is 2.37. The van der Waals surface area contributed by atoms with Gasteiger partial charge in [0.25, 0.3) is 0 Å². The molecular formula is C45H77N11O16S2. The highest BCUT2D eigenvalue weighted by molar-refractivity contribution is 7.98. The third-order valence-electron chi connectivity index (χ3n) is 11.4. The first kappa shape index (κ1) is 66.2. The van der Waals surface area contributed by atoms with Crippen LogP contribution in [-0.2, 0) is 57.5 Å². The number of hydrogen-bond acceptors (Lipinski definition) is 17. The minimum absolute atomic E-state index is 0.0710. The van der Waals surface area contributed by atoms with Crippen molar-refractivity contribution in [3.05, 3.63) is 0 Å². The molecule has 74 heavy (non-hydrogen) atoms. The van der Waals surface area contributed by atoms with Gasteiger partial charge < -0.3 is 78.9 Å². The van der Waals surface area contributed by atoms with E-state index in [2.05, 4.69) is 71.1 Å². The number of carbonyl (C=O) groups excluding carboxylic acids is 10. The van der Waals surface area contributed by atoms with Gasteiger partial charge in [0.2, 0.25) is 59.1 Å². The second-order valence-electron chi connectivity index (χ2n) is 18.7. The molecule has 0 aliphatic carbocycles. The number of aliphatic carboxylic acids is 2. The Morgan fingerprint density at radius 3 is 1.58 bits per heavy atom. The molecule has 0 unspecified atom stereocenters. The Labute approximate surface area is 439 Å². The monoisotopic (exact) mass is 1090 g/mol. The van der Waals surface area contributed by atoms with Crippen molar-refractivity contribution in [1.82, 2.24) is 58.5 Å². The average Bonchev–Trinajstić information content (AvgIpc) is 3.87. The number of thiol groups is 1. The number of hydrogen-bond donors (Lipinski definition) is 16. The summed E-state index contributed by atoms with van der Waals surface area (Å²) in [7, 11) is 0. The third-order valence-corrected chi connectivity index (χ3v) is 12.4. The van der Waals surface area contributed by atoms with Gasteiger partial charge in [0.1, 0.15) is 54.4 Å². The standard InChI is InChI=1S/C45H77N11O16S2/c1-20(2)17-29(40(66)54-33(21(3)4)42(68)49-23(6)45(71)72)53-41(67)30(19-73)50-31(59)18-47-37(63)27(12-13-32(60)61)52-43(69)34(24(7)57)56-44(70)35(25(8)58)55-36(62)22(5)48-39(65)28(14-16-74-9)51-38(64)26-11-10-15-46-26/h20-30,33-35,46,57-58,73H,10-19H2,1-9H3,(H,47,63)(H,48,65)(H,49,68)(H,50,59)(H,51,64)(H,52,69)(H,53,67)(H,54,66)(H,55,62)(H,56,70)(H,60,61)(H,71,72)/t22-,23-,24+,25+,26-,27-,28-,29-,30-,33-,34-,35-/m0/s1. The number of aliphatic hydroxyl groups excluding tert-OH is 2. The molecule has 15 N–H and O–H groups in total. The van der Waals surface area contributed by atoms with Gasteiger partial charge in [-0.15, -0.1) is 0 Å². The number of aliphatic hydroxyl groups is 2. The van der Waals surface area contributed by atoms with Crippen molar-refractivity contribution >= 4 is 95.4 Å². The predicted molar refractivity (Wildman–Crippen MR) is 272 cm³/mol. The Balaban J connectivity index is 3.08. The quantitative estimate of drug-likeness (QED) is 0.0275. The fraction of sp³-hybridized carbons (Fsp3) is 0.733. The fourth-order valence-corrected chi connectivity index (χ4v) is 7.78. The van der Waals surface area contributed by atoms with Gasteiger partial charge in [-0.25, -0.2) is 0 Å². The normalized spacial score (nSPS) is 17.7. The Morgan fingerprint density at radius 2 is 1.08 bits per heavy atom. The lowest BCUT2D eigenvalue weighted by atomic mass is 9.99. The maximum Gasteiger partial charge on any atom is 0.325 e. The number of carboxylic acids is 2. The average molecular weight is 1090 g/mol. The molecule has 0 spiro atoms. The molecule has 1 saturated heterocycles. The van der Waals surface area contributed by atoms with Gasteiger partial charge in [-0.1, -0.05) is 27.7 Å². The van der Waals surface area contributed by atoms with Crippen LogP contribution >= 0.6 is 24.4 Å². The zero-order chi connectivity index (χ0) is 56.6. The van der Waals surface area contributed by atoms with Crippen molar-refractivity contribution in [3.63, 3.8) is 0 Å². The molecule has 0 aromatic carbocycles. The van der Waals surface area contributed by atoms with Gasteiger partial charge in [0.05, 0.1) is 24.8 Å². The van der Waals surface area contributed by atoms with Crippen molar-refractivity contribution in [3.8, 4) is 0 Å². The molecule has 1 aliphatic heterocycles. The summed E-state index contributed by atoms with van der Waals surface area (Å²) < 4.78 is 0. The van der Waals surface area contributed by atoms with Gasteiger partial charge in [-0.05, 0) is 90.2 Å². The van der Waals surface area contributed by atoms with Crippen LogP contribution in [0.15, 0.2) is 0 Å². The minimum atomic E-state index is -1.89. The Kier molecular flexibility index (Phi) is 29.7. The third kappa shape index (κ3) is 23.6. The van der Waals surface area contributed by atoms with E-state index in [4.69, 9.17) is 0 Å². The molecule has 0 radical (unpaired) electrons. The summed E-state index contributed by atoms with van der Waals surface area (Å²) in [5, 5.41) is 66.5. The molecule has 1 heterocycles. The van der Waals surface area contributed by atoms with Crippen LogP contribution in [0.3, 0.4) is 0 Å². The van der Waals surface area contributed by atoms with E-state index in [1.54, 1.807) is 27.7 Å². The first-order valence-electron chi connectivity index (χ1n) is 24.2. The molecule has 1 fully saturated rings. The molecule has 1 aliphatic rings. The number of rotatable bonds is 33. The molecule has 0 saturated carbocycles. The SMILES string of the molecule is CSCC[C@H](NC(=O)[C@@H]1CCCN1)C(=O)N[C@@H](C)C(=O)N[C@H](C(=O)N[C@H](C(=O)N[C@@H](CCC(=O)O)C(=O)NCC(=O)N[C@@H](CS)C(=O)N[C@@H](CC(C)C)C(=O)N[C@H](C(=O)N[C@@H](C)C(=O)O)C(C)C)[C@@H](C)O)[C@@H](C)O. The van der Waals surface area contributed by atoms with Gasteiger partial charge >= 0.3 is 11.9 Å². The first-order valence-corrected chi connectivity index (χ1v) is 26.2. The smallest absolute Gasteiger partial charge is 0.325 e. The van der Waals surface area contributed by atoms with E-state index in [1.807, 2.05) is 6.26 Å². The summed E-state index contributed by atoms with van der Waals surface area (Å²) in [6, 6.07) is -13.2. The summed E-state index contributed by atoms with van der Waals surface area (Å²) in [4.78, 5) is 155. The van der Waals surface area contributed by atoms with Crippen LogP contribution < -0.4 is 58.5 Å². The number of carbonyl (C=O) groups is 12. The second kappa shape index (κ2) is 33.2. The van der Waals surface area contributed by atoms with Gasteiger partial charge in [0, 0.05) is 12.2 Å². The van der Waals surface area contributed by atoms with Crippen LogP contribution in [-0.4, -0.2) is 195 Å². The number of nitrogens with one attached hydrogen (secondary N) is 11. The summed E-state index contributed by atoms with van der Waals surface area (Å²) in [6.07, 6.45) is -1.09. The Bertz CT molecular complexity index is 1970. The van der Waals surface area contributed by atoms with Gasteiger partial charge in [-0.3, -0.25) is 57.5 Å². The Hall–Kier alpha value is -5.78. The molecule has 0 bridgehead atoms. The van der Waals surface area contributed by atoms with E-state index < -0.39 is 163 Å². The molecule has 0 aromatic heterocycles. The lowest BCUT2D eigenvalue weighted by Gasteiger charge is -2.28. The predicted octanol–water partition coefficient (Wildman–Crippen LogP) is -4.65. The topological polar surface area (TPSA) is 418 Å². The van der Waals surface area contributed by atoms with Gasteiger partial charge in [-0.2, -0.15) is 24.4 Å². The summed E-state index contributed by atoms with van der Waals surface area (Å²) in [6.45, 7) is 11.3. The largest absolute Gasteiger partial charge is 0.481 e.